The largest absolute Gasteiger partial charge is 0.342 e. The van der Waals surface area contributed by atoms with E-state index in [1.807, 2.05) is 9.80 Å². The smallest absolute Gasteiger partial charge is 0.317 e. The van der Waals surface area contributed by atoms with Crippen molar-refractivity contribution in [3.8, 4) is 0 Å². The minimum Gasteiger partial charge on any atom is -0.342 e. The Morgan fingerprint density at radius 1 is 0.893 bits per heavy atom. The van der Waals surface area contributed by atoms with Gasteiger partial charge in [0.2, 0.25) is 5.91 Å². The Labute approximate surface area is 171 Å². The van der Waals surface area contributed by atoms with E-state index in [-0.39, 0.29) is 11.9 Å². The van der Waals surface area contributed by atoms with E-state index in [4.69, 9.17) is 0 Å². The summed E-state index contributed by atoms with van der Waals surface area (Å²) in [6, 6.07) is 0.604. The van der Waals surface area contributed by atoms with Crippen molar-refractivity contribution in [1.82, 2.24) is 24.9 Å². The van der Waals surface area contributed by atoms with E-state index < -0.39 is 0 Å². The molecule has 2 saturated heterocycles. The molecule has 28 heavy (non-hydrogen) atoms. The summed E-state index contributed by atoms with van der Waals surface area (Å²) in [5.74, 6) is 0.256. The van der Waals surface area contributed by atoms with Gasteiger partial charge < -0.3 is 20.0 Å². The fourth-order valence-corrected chi connectivity index (χ4v) is 3.77. The monoisotopic (exact) mass is 395 g/mol. The van der Waals surface area contributed by atoms with Crippen LogP contribution in [0.3, 0.4) is 0 Å². The second-order valence-electron chi connectivity index (χ2n) is 8.57. The van der Waals surface area contributed by atoms with Crippen LogP contribution in [0.2, 0.25) is 0 Å². The van der Waals surface area contributed by atoms with Crippen LogP contribution in [0.1, 0.15) is 52.4 Å². The van der Waals surface area contributed by atoms with E-state index in [0.717, 1.165) is 65.0 Å². The number of hydrogen-bond donors (Lipinski definition) is 1. The lowest BCUT2D eigenvalue weighted by Gasteiger charge is -2.35. The highest BCUT2D eigenvalue weighted by atomic mass is 16.2. The first-order valence-corrected chi connectivity index (χ1v) is 11.2. The molecular weight excluding hydrogens is 354 g/mol. The molecule has 2 heterocycles. The average molecular weight is 396 g/mol. The molecule has 0 radical (unpaired) electrons. The van der Waals surface area contributed by atoms with Crippen molar-refractivity contribution in [3.05, 3.63) is 0 Å². The number of urea groups is 1. The maximum absolute atomic E-state index is 12.5. The summed E-state index contributed by atoms with van der Waals surface area (Å²) in [4.78, 5) is 33.3. The van der Waals surface area contributed by atoms with Gasteiger partial charge in [-0.3, -0.25) is 9.69 Å². The summed E-state index contributed by atoms with van der Waals surface area (Å²) < 4.78 is 0. The number of rotatable bonds is 8. The van der Waals surface area contributed by atoms with Gasteiger partial charge in [-0.15, -0.1) is 0 Å². The van der Waals surface area contributed by atoms with E-state index in [0.29, 0.717) is 25.7 Å². The first-order chi connectivity index (χ1) is 13.5. The van der Waals surface area contributed by atoms with Gasteiger partial charge in [0, 0.05) is 51.9 Å². The van der Waals surface area contributed by atoms with Crippen molar-refractivity contribution >= 4 is 11.9 Å². The molecule has 0 aromatic heterocycles. The number of likely N-dealkylation sites (tertiary alicyclic amines) is 1. The van der Waals surface area contributed by atoms with Crippen LogP contribution >= 0.6 is 0 Å². The van der Waals surface area contributed by atoms with Gasteiger partial charge in [0.25, 0.3) is 0 Å². The maximum atomic E-state index is 12.5. The van der Waals surface area contributed by atoms with Crippen molar-refractivity contribution in [2.45, 2.75) is 58.4 Å². The number of hydrogen-bond acceptors (Lipinski definition) is 4. The van der Waals surface area contributed by atoms with Gasteiger partial charge in [0.15, 0.2) is 0 Å². The highest BCUT2D eigenvalue weighted by Gasteiger charge is 2.24. The Bertz CT molecular complexity index is 469. The Hall–Kier alpha value is -1.34. The SMILES string of the molecule is CC(C)N(C)CCCCNC(=O)N1CCN(CC(=O)N2CCCCCC2)CC1. The van der Waals surface area contributed by atoms with Gasteiger partial charge in [-0.1, -0.05) is 12.8 Å². The van der Waals surface area contributed by atoms with Crippen LogP contribution in [0.4, 0.5) is 4.79 Å². The Balaban J connectivity index is 1.58. The van der Waals surface area contributed by atoms with Gasteiger partial charge >= 0.3 is 6.03 Å². The molecule has 0 atom stereocenters. The molecule has 0 spiro atoms. The first kappa shape index (κ1) is 22.9. The normalized spacial score (nSPS) is 19.2. The zero-order chi connectivity index (χ0) is 20.4. The van der Waals surface area contributed by atoms with Crippen molar-refractivity contribution in [2.24, 2.45) is 0 Å². The fraction of sp³-hybridized carbons (Fsp3) is 0.905. The minimum atomic E-state index is 0.0377. The summed E-state index contributed by atoms with van der Waals surface area (Å²) >= 11 is 0. The number of nitrogens with one attached hydrogen (secondary N) is 1. The second-order valence-corrected chi connectivity index (χ2v) is 8.57. The fourth-order valence-electron chi connectivity index (χ4n) is 3.77. The third-order valence-corrected chi connectivity index (χ3v) is 6.07. The molecule has 2 aliphatic heterocycles. The highest BCUT2D eigenvalue weighted by molar-refractivity contribution is 5.78. The molecule has 0 unspecified atom stereocenters. The number of piperazine rings is 1. The molecule has 7 heteroatoms. The van der Waals surface area contributed by atoms with Crippen LogP contribution in [0.15, 0.2) is 0 Å². The molecule has 0 aliphatic carbocycles. The van der Waals surface area contributed by atoms with E-state index >= 15 is 0 Å². The number of unbranched alkanes of at least 4 members (excludes halogenated alkanes) is 1. The lowest BCUT2D eigenvalue weighted by Crippen LogP contribution is -2.53. The van der Waals surface area contributed by atoms with Gasteiger partial charge in [-0.05, 0) is 53.1 Å². The summed E-state index contributed by atoms with van der Waals surface area (Å²) in [6.45, 7) is 11.5. The maximum Gasteiger partial charge on any atom is 0.317 e. The third-order valence-electron chi connectivity index (χ3n) is 6.07. The quantitative estimate of drug-likeness (QED) is 0.637. The molecular formula is C21H41N5O2. The lowest BCUT2D eigenvalue weighted by atomic mass is 10.2. The molecule has 1 N–H and O–H groups in total. The van der Waals surface area contributed by atoms with Gasteiger partial charge in [0.05, 0.1) is 6.54 Å². The Kier molecular flexibility index (Phi) is 10.1. The number of nitrogens with zero attached hydrogens (tertiary/aromatic N) is 4. The molecule has 162 valence electrons. The summed E-state index contributed by atoms with van der Waals surface area (Å²) in [6.07, 6.45) is 6.85. The van der Waals surface area contributed by atoms with Gasteiger partial charge in [-0.2, -0.15) is 0 Å². The number of amides is 3. The minimum absolute atomic E-state index is 0.0377. The van der Waals surface area contributed by atoms with Crippen molar-refractivity contribution in [1.29, 1.82) is 0 Å². The average Bonchev–Trinajstić information content (AvgIpc) is 2.97. The van der Waals surface area contributed by atoms with Gasteiger partial charge in [0.1, 0.15) is 0 Å². The molecule has 2 rings (SSSR count). The first-order valence-electron chi connectivity index (χ1n) is 11.2. The highest BCUT2D eigenvalue weighted by Crippen LogP contribution is 2.11. The predicted octanol–water partition coefficient (Wildman–Crippen LogP) is 1.84. The lowest BCUT2D eigenvalue weighted by molar-refractivity contribution is -0.132. The summed E-state index contributed by atoms with van der Waals surface area (Å²) in [5.41, 5.74) is 0. The molecule has 0 aromatic carbocycles. The molecule has 0 bridgehead atoms. The van der Waals surface area contributed by atoms with Crippen molar-refractivity contribution in [3.63, 3.8) is 0 Å². The molecule has 7 nitrogen and oxygen atoms in total. The summed E-state index contributed by atoms with van der Waals surface area (Å²) in [7, 11) is 2.14. The van der Waals surface area contributed by atoms with Crippen LogP contribution in [0.25, 0.3) is 0 Å². The standard InChI is InChI=1S/C21H41N5O2/c1-19(2)23(3)11-9-6-10-22-21(28)26-16-14-24(15-17-26)18-20(27)25-12-7-4-5-8-13-25/h19H,4-18H2,1-3H3,(H,22,28). The second kappa shape index (κ2) is 12.3. The zero-order valence-corrected chi connectivity index (χ0v) is 18.3. The molecule has 0 saturated carbocycles. The number of carbonyl (C=O) groups is 2. The number of carbonyl (C=O) groups excluding carboxylic acids is 2. The molecule has 0 aromatic rings. The van der Waals surface area contributed by atoms with Crippen molar-refractivity contribution < 1.29 is 9.59 Å². The summed E-state index contributed by atoms with van der Waals surface area (Å²) in [5, 5.41) is 3.04. The van der Waals surface area contributed by atoms with Crippen LogP contribution in [0.5, 0.6) is 0 Å². The van der Waals surface area contributed by atoms with E-state index in [1.165, 1.54) is 12.8 Å². The predicted molar refractivity (Wildman–Crippen MR) is 113 cm³/mol. The van der Waals surface area contributed by atoms with E-state index in [9.17, 15) is 9.59 Å². The van der Waals surface area contributed by atoms with Crippen molar-refractivity contribution in [2.75, 3.05) is 66.0 Å². The van der Waals surface area contributed by atoms with E-state index in [1.54, 1.807) is 0 Å². The van der Waals surface area contributed by atoms with Crippen LogP contribution in [-0.2, 0) is 4.79 Å². The Morgan fingerprint density at radius 3 is 2.14 bits per heavy atom. The van der Waals surface area contributed by atoms with Gasteiger partial charge in [-0.25, -0.2) is 4.79 Å². The zero-order valence-electron chi connectivity index (χ0n) is 18.3. The van der Waals surface area contributed by atoms with E-state index in [2.05, 4.69) is 36.0 Å². The third kappa shape index (κ3) is 7.95. The van der Waals surface area contributed by atoms with Crippen LogP contribution < -0.4 is 5.32 Å². The molecule has 2 aliphatic rings. The van der Waals surface area contributed by atoms with Crippen LogP contribution in [0, 0.1) is 0 Å². The molecule has 2 fully saturated rings. The topological polar surface area (TPSA) is 59.1 Å². The molecule has 3 amide bonds. The van der Waals surface area contributed by atoms with Crippen LogP contribution in [-0.4, -0.2) is 104 Å². The Morgan fingerprint density at radius 2 is 1.54 bits per heavy atom.